The molecule has 2 aliphatic carbocycles. The zero-order valence-corrected chi connectivity index (χ0v) is 16.7. The van der Waals surface area contributed by atoms with Gasteiger partial charge >= 0.3 is 11.9 Å². The second kappa shape index (κ2) is 9.35. The van der Waals surface area contributed by atoms with E-state index in [2.05, 4.69) is 16.2 Å². The SMILES string of the molecule is CCC(CCCP)(C1CCCC(C(=O)O)C1)C1CCCC(C(=O)O)C1. The molecule has 2 N–H and O–H groups in total. The lowest BCUT2D eigenvalue weighted by Gasteiger charge is -2.51. The normalized spacial score (nSPS) is 32.7. The van der Waals surface area contributed by atoms with Crippen molar-refractivity contribution in [1.29, 1.82) is 0 Å². The van der Waals surface area contributed by atoms with Crippen molar-refractivity contribution in [3.8, 4) is 0 Å². The van der Waals surface area contributed by atoms with Crippen LogP contribution in [0.4, 0.5) is 0 Å². The summed E-state index contributed by atoms with van der Waals surface area (Å²) in [4.78, 5) is 23.1. The molecule has 0 amide bonds. The first kappa shape index (κ1) is 20.7. The Morgan fingerprint density at radius 3 is 1.80 bits per heavy atom. The van der Waals surface area contributed by atoms with Crippen LogP contribution in [0.15, 0.2) is 0 Å². The van der Waals surface area contributed by atoms with Crippen molar-refractivity contribution < 1.29 is 19.8 Å². The maximum atomic E-state index is 11.6. The van der Waals surface area contributed by atoms with Gasteiger partial charge in [0, 0.05) is 0 Å². The average Bonchev–Trinajstić information content (AvgIpc) is 2.63. The molecule has 2 rings (SSSR count). The van der Waals surface area contributed by atoms with Gasteiger partial charge < -0.3 is 10.2 Å². The minimum Gasteiger partial charge on any atom is -0.481 e. The van der Waals surface area contributed by atoms with Crippen LogP contribution in [0.5, 0.6) is 0 Å². The summed E-state index contributed by atoms with van der Waals surface area (Å²) in [5.74, 6) is -0.845. The molecular weight excluding hydrogens is 335 g/mol. The van der Waals surface area contributed by atoms with Gasteiger partial charge in [-0.15, -0.1) is 9.24 Å². The Morgan fingerprint density at radius 1 is 0.960 bits per heavy atom. The topological polar surface area (TPSA) is 74.6 Å². The average molecular weight is 370 g/mol. The molecule has 0 saturated heterocycles. The molecule has 5 atom stereocenters. The van der Waals surface area contributed by atoms with Crippen molar-refractivity contribution in [2.75, 3.05) is 6.16 Å². The smallest absolute Gasteiger partial charge is 0.306 e. The lowest BCUT2D eigenvalue weighted by Crippen LogP contribution is -2.43. The van der Waals surface area contributed by atoms with Gasteiger partial charge in [0.25, 0.3) is 0 Å². The van der Waals surface area contributed by atoms with Gasteiger partial charge in [0.05, 0.1) is 11.8 Å². The van der Waals surface area contributed by atoms with E-state index in [9.17, 15) is 19.8 Å². The molecule has 0 aliphatic heterocycles. The number of rotatable bonds is 8. The lowest BCUT2D eigenvalue weighted by atomic mass is 9.54. The Labute approximate surface area is 154 Å². The van der Waals surface area contributed by atoms with Crippen molar-refractivity contribution in [2.45, 2.75) is 77.6 Å². The van der Waals surface area contributed by atoms with Crippen molar-refractivity contribution in [2.24, 2.45) is 29.1 Å². The molecule has 5 heteroatoms. The molecule has 0 heterocycles. The van der Waals surface area contributed by atoms with Crippen LogP contribution in [0, 0.1) is 29.1 Å². The number of carbonyl (C=O) groups is 2. The minimum absolute atomic E-state index is 0.124. The summed E-state index contributed by atoms with van der Waals surface area (Å²) in [6.45, 7) is 2.25. The Hall–Kier alpha value is -0.630. The molecule has 2 aliphatic rings. The van der Waals surface area contributed by atoms with Gasteiger partial charge in [-0.3, -0.25) is 9.59 Å². The van der Waals surface area contributed by atoms with Gasteiger partial charge in [-0.1, -0.05) is 19.8 Å². The fourth-order valence-electron chi connectivity index (χ4n) is 5.80. The maximum Gasteiger partial charge on any atom is 0.306 e. The minimum atomic E-state index is -0.646. The molecule has 4 nitrogen and oxygen atoms in total. The van der Waals surface area contributed by atoms with Gasteiger partial charge in [-0.2, -0.15) is 0 Å². The van der Waals surface area contributed by atoms with Gasteiger partial charge in [-0.25, -0.2) is 0 Å². The van der Waals surface area contributed by atoms with Crippen LogP contribution < -0.4 is 0 Å². The standard InChI is InChI=1S/C20H35O4P/c1-2-20(10-5-11-25,16-8-3-6-14(12-16)18(21)22)17-9-4-7-15(13-17)19(23)24/h14-17H,2-13,25H2,1H3,(H,21,22)(H,23,24). The zero-order chi connectivity index (χ0) is 18.4. The Morgan fingerprint density at radius 2 is 1.44 bits per heavy atom. The summed E-state index contributed by atoms with van der Waals surface area (Å²) < 4.78 is 0. The molecule has 2 fully saturated rings. The molecule has 0 bridgehead atoms. The van der Waals surface area contributed by atoms with Crippen molar-refractivity contribution >= 4 is 21.2 Å². The van der Waals surface area contributed by atoms with Crippen molar-refractivity contribution in [3.63, 3.8) is 0 Å². The fraction of sp³-hybridized carbons (Fsp3) is 0.900. The largest absolute Gasteiger partial charge is 0.481 e. The predicted octanol–water partition coefficient (Wildman–Crippen LogP) is 4.82. The van der Waals surface area contributed by atoms with E-state index >= 15 is 0 Å². The van der Waals surface area contributed by atoms with E-state index in [4.69, 9.17) is 0 Å². The van der Waals surface area contributed by atoms with E-state index in [1.54, 1.807) is 0 Å². The first-order chi connectivity index (χ1) is 11.9. The highest BCUT2D eigenvalue weighted by molar-refractivity contribution is 7.16. The zero-order valence-electron chi connectivity index (χ0n) is 15.6. The van der Waals surface area contributed by atoms with Crippen LogP contribution in [0.1, 0.15) is 77.6 Å². The van der Waals surface area contributed by atoms with Gasteiger partial charge in [0.2, 0.25) is 0 Å². The number of carboxylic acids is 2. The third-order valence-electron chi connectivity index (χ3n) is 7.18. The van der Waals surface area contributed by atoms with E-state index < -0.39 is 11.9 Å². The molecule has 2 saturated carbocycles. The van der Waals surface area contributed by atoms with Crippen molar-refractivity contribution in [3.05, 3.63) is 0 Å². The first-order valence-electron chi connectivity index (χ1n) is 10.1. The molecule has 0 aromatic rings. The van der Waals surface area contributed by atoms with E-state index in [-0.39, 0.29) is 17.3 Å². The van der Waals surface area contributed by atoms with Gasteiger partial charge in [0.15, 0.2) is 0 Å². The second-order valence-corrected chi connectivity index (χ2v) is 8.85. The summed E-state index contributed by atoms with van der Waals surface area (Å²) >= 11 is 0. The van der Waals surface area contributed by atoms with Crippen LogP contribution in [0.3, 0.4) is 0 Å². The van der Waals surface area contributed by atoms with Gasteiger partial charge in [0.1, 0.15) is 0 Å². The molecule has 0 aromatic heterocycles. The molecule has 0 spiro atoms. The van der Waals surface area contributed by atoms with E-state index in [0.717, 1.165) is 76.8 Å². The number of aliphatic carboxylic acids is 2. The molecule has 144 valence electrons. The highest BCUT2D eigenvalue weighted by Crippen LogP contribution is 2.55. The molecule has 0 radical (unpaired) electrons. The molecular formula is C20H35O4P. The number of hydrogen-bond acceptors (Lipinski definition) is 2. The van der Waals surface area contributed by atoms with Crippen LogP contribution in [0.25, 0.3) is 0 Å². The Balaban J connectivity index is 2.25. The molecule has 25 heavy (non-hydrogen) atoms. The Bertz CT molecular complexity index is 431. The van der Waals surface area contributed by atoms with E-state index in [1.165, 1.54) is 0 Å². The summed E-state index contributed by atoms with van der Waals surface area (Å²) in [7, 11) is 2.81. The lowest BCUT2D eigenvalue weighted by molar-refractivity contribution is -0.145. The maximum absolute atomic E-state index is 11.6. The number of carboxylic acid groups (broad SMARTS) is 2. The highest BCUT2D eigenvalue weighted by atomic mass is 31.0. The van der Waals surface area contributed by atoms with E-state index in [1.807, 2.05) is 0 Å². The predicted molar refractivity (Wildman–Crippen MR) is 103 cm³/mol. The summed E-state index contributed by atoms with van der Waals surface area (Å²) in [5, 5.41) is 19.0. The number of hydrogen-bond donors (Lipinski definition) is 2. The molecule has 5 unspecified atom stereocenters. The summed E-state index contributed by atoms with van der Waals surface area (Å²) in [5.41, 5.74) is 0.124. The second-order valence-electron chi connectivity index (χ2n) is 8.28. The third-order valence-corrected chi connectivity index (χ3v) is 7.59. The van der Waals surface area contributed by atoms with Crippen LogP contribution in [-0.2, 0) is 9.59 Å². The summed E-state index contributed by atoms with van der Waals surface area (Å²) in [6, 6.07) is 0. The molecule has 0 aromatic carbocycles. The van der Waals surface area contributed by atoms with E-state index in [0.29, 0.717) is 11.8 Å². The highest BCUT2D eigenvalue weighted by Gasteiger charge is 2.47. The van der Waals surface area contributed by atoms with Gasteiger partial charge in [-0.05, 0) is 81.2 Å². The van der Waals surface area contributed by atoms with Crippen LogP contribution in [-0.4, -0.2) is 28.3 Å². The fourth-order valence-corrected chi connectivity index (χ4v) is 6.00. The Kier molecular flexibility index (Phi) is 7.73. The van der Waals surface area contributed by atoms with Crippen LogP contribution >= 0.6 is 9.24 Å². The first-order valence-corrected chi connectivity index (χ1v) is 10.9. The third kappa shape index (κ3) is 4.76. The summed E-state index contributed by atoms with van der Waals surface area (Å²) in [6.07, 6.45) is 11.8. The van der Waals surface area contributed by atoms with Crippen molar-refractivity contribution in [1.82, 2.24) is 0 Å². The quantitative estimate of drug-likeness (QED) is 0.601. The van der Waals surface area contributed by atoms with Crippen LogP contribution in [0.2, 0.25) is 0 Å². The monoisotopic (exact) mass is 370 g/mol.